The van der Waals surface area contributed by atoms with Crippen molar-refractivity contribution in [2.45, 2.75) is 84.0 Å². The zero-order valence-electron chi connectivity index (χ0n) is 18.0. The average molecular weight is 420 g/mol. The van der Waals surface area contributed by atoms with Gasteiger partial charge in [0.25, 0.3) is 5.91 Å². The van der Waals surface area contributed by atoms with Crippen molar-refractivity contribution in [1.82, 2.24) is 10.6 Å². The van der Waals surface area contributed by atoms with Crippen molar-refractivity contribution >= 4 is 34.8 Å². The van der Waals surface area contributed by atoms with Gasteiger partial charge in [-0.25, -0.2) is 0 Å². The number of unbranched alkanes of at least 4 members (excludes halogenated alkanes) is 10. The number of thiocarbonyl (C=S) groups is 1. The molecule has 29 heavy (non-hydrogen) atoms. The van der Waals surface area contributed by atoms with E-state index in [1.807, 2.05) is 0 Å². The van der Waals surface area contributed by atoms with E-state index in [4.69, 9.17) is 12.2 Å². The van der Waals surface area contributed by atoms with Crippen LogP contribution in [0.3, 0.4) is 0 Å². The topological polar surface area (TPSA) is 70.2 Å². The summed E-state index contributed by atoms with van der Waals surface area (Å²) in [6, 6.07) is 6.92. The van der Waals surface area contributed by atoms with Gasteiger partial charge in [-0.05, 0) is 42.9 Å². The highest BCUT2D eigenvalue weighted by molar-refractivity contribution is 7.80. The predicted octanol–water partition coefficient (Wildman–Crippen LogP) is 5.56. The lowest BCUT2D eigenvalue weighted by Crippen LogP contribution is -2.33. The van der Waals surface area contributed by atoms with Gasteiger partial charge in [0, 0.05) is 24.7 Å². The van der Waals surface area contributed by atoms with Crippen molar-refractivity contribution in [3.63, 3.8) is 0 Å². The number of amides is 2. The summed E-state index contributed by atoms with van der Waals surface area (Å²) in [5.41, 5.74) is 1.31. The molecule has 0 aliphatic carbocycles. The van der Waals surface area contributed by atoms with Gasteiger partial charge in [-0.1, -0.05) is 71.1 Å². The lowest BCUT2D eigenvalue weighted by Gasteiger charge is -2.10. The van der Waals surface area contributed by atoms with Gasteiger partial charge in [-0.2, -0.15) is 0 Å². The SMILES string of the molecule is CCCCCCCCCCCCCC(=O)NC(=S)Nc1ccc(C(=O)NC)cc1. The van der Waals surface area contributed by atoms with Gasteiger partial charge >= 0.3 is 0 Å². The lowest BCUT2D eigenvalue weighted by molar-refractivity contribution is -0.119. The highest BCUT2D eigenvalue weighted by Gasteiger charge is 2.06. The molecule has 0 saturated carbocycles. The van der Waals surface area contributed by atoms with Gasteiger partial charge in [0.1, 0.15) is 0 Å². The third kappa shape index (κ3) is 12.3. The quantitative estimate of drug-likeness (QED) is 0.273. The standard InChI is InChI=1S/C23H37N3O2S/c1-3-4-5-6-7-8-9-10-11-12-13-14-21(27)26-23(29)25-20-17-15-19(16-18-20)22(28)24-2/h15-18H,3-14H2,1-2H3,(H,24,28)(H2,25,26,27,29). The minimum absolute atomic E-state index is 0.0552. The molecule has 0 spiro atoms. The molecule has 0 bridgehead atoms. The smallest absolute Gasteiger partial charge is 0.251 e. The van der Waals surface area contributed by atoms with Crippen LogP contribution in [0.25, 0.3) is 0 Å². The van der Waals surface area contributed by atoms with E-state index in [1.54, 1.807) is 31.3 Å². The summed E-state index contributed by atoms with van der Waals surface area (Å²) in [4.78, 5) is 23.5. The Balaban J connectivity index is 2.06. The van der Waals surface area contributed by atoms with E-state index in [-0.39, 0.29) is 16.9 Å². The van der Waals surface area contributed by atoms with Crippen molar-refractivity contribution in [1.29, 1.82) is 0 Å². The fourth-order valence-corrected chi connectivity index (χ4v) is 3.38. The largest absolute Gasteiger partial charge is 0.355 e. The molecule has 0 atom stereocenters. The van der Waals surface area contributed by atoms with Crippen molar-refractivity contribution in [3.05, 3.63) is 29.8 Å². The number of rotatable bonds is 14. The maximum atomic E-state index is 12.0. The number of nitrogens with one attached hydrogen (secondary N) is 3. The molecule has 0 fully saturated rings. The molecule has 0 radical (unpaired) electrons. The van der Waals surface area contributed by atoms with Crippen LogP contribution in [0.4, 0.5) is 5.69 Å². The Hall–Kier alpha value is -1.95. The molecule has 1 aromatic rings. The number of hydrogen-bond donors (Lipinski definition) is 3. The first-order valence-corrected chi connectivity index (χ1v) is 11.4. The van der Waals surface area contributed by atoms with Gasteiger partial charge in [-0.3, -0.25) is 9.59 Å². The summed E-state index contributed by atoms with van der Waals surface area (Å²) in [7, 11) is 1.59. The van der Waals surface area contributed by atoms with Crippen LogP contribution < -0.4 is 16.0 Å². The molecule has 0 aromatic heterocycles. The Bertz CT molecular complexity index is 617. The Morgan fingerprint density at radius 3 is 1.86 bits per heavy atom. The molecule has 6 heteroatoms. The molecule has 2 amide bonds. The van der Waals surface area contributed by atoms with E-state index in [0.29, 0.717) is 12.0 Å². The van der Waals surface area contributed by atoms with E-state index < -0.39 is 0 Å². The second-order valence-corrected chi connectivity index (χ2v) is 7.85. The second kappa shape index (κ2) is 15.9. The minimum atomic E-state index is -0.139. The first-order chi connectivity index (χ1) is 14.1. The molecular weight excluding hydrogens is 382 g/mol. The minimum Gasteiger partial charge on any atom is -0.355 e. The Labute approximate surface area is 181 Å². The van der Waals surface area contributed by atoms with Crippen molar-refractivity contribution in [2.24, 2.45) is 0 Å². The van der Waals surface area contributed by atoms with Gasteiger partial charge in [0.2, 0.25) is 5.91 Å². The second-order valence-electron chi connectivity index (χ2n) is 7.44. The van der Waals surface area contributed by atoms with Crippen LogP contribution in [0.5, 0.6) is 0 Å². The molecule has 1 aromatic carbocycles. The Morgan fingerprint density at radius 2 is 1.34 bits per heavy atom. The fourth-order valence-electron chi connectivity index (χ4n) is 3.15. The van der Waals surface area contributed by atoms with Crippen molar-refractivity contribution in [2.75, 3.05) is 12.4 Å². The number of benzene rings is 1. The van der Waals surface area contributed by atoms with E-state index >= 15 is 0 Å². The van der Waals surface area contributed by atoms with Crippen LogP contribution in [-0.4, -0.2) is 24.0 Å². The number of hydrogen-bond acceptors (Lipinski definition) is 3. The van der Waals surface area contributed by atoms with Crippen LogP contribution in [0.2, 0.25) is 0 Å². The normalized spacial score (nSPS) is 10.4. The summed E-state index contributed by atoms with van der Waals surface area (Å²) < 4.78 is 0. The van der Waals surface area contributed by atoms with Gasteiger partial charge < -0.3 is 16.0 Å². The van der Waals surface area contributed by atoms with E-state index in [2.05, 4.69) is 22.9 Å². The third-order valence-corrected chi connectivity index (χ3v) is 5.10. The molecule has 1 rings (SSSR count). The number of anilines is 1. The Morgan fingerprint density at radius 1 is 0.828 bits per heavy atom. The summed E-state index contributed by atoms with van der Waals surface area (Å²) in [5.74, 6) is -0.195. The molecule has 0 aliphatic heterocycles. The average Bonchev–Trinajstić information content (AvgIpc) is 2.71. The first kappa shape index (κ1) is 25.1. The highest BCUT2D eigenvalue weighted by atomic mass is 32.1. The van der Waals surface area contributed by atoms with Crippen LogP contribution in [0.1, 0.15) is 94.3 Å². The van der Waals surface area contributed by atoms with E-state index in [1.165, 1.54) is 57.8 Å². The molecule has 0 aliphatic rings. The van der Waals surface area contributed by atoms with Crippen molar-refractivity contribution in [3.8, 4) is 0 Å². The molecule has 5 nitrogen and oxygen atoms in total. The molecule has 162 valence electrons. The predicted molar refractivity (Wildman–Crippen MR) is 125 cm³/mol. The zero-order valence-corrected chi connectivity index (χ0v) is 18.8. The third-order valence-electron chi connectivity index (χ3n) is 4.89. The number of carbonyl (C=O) groups is 2. The highest BCUT2D eigenvalue weighted by Crippen LogP contribution is 2.12. The van der Waals surface area contributed by atoms with Gasteiger partial charge in [0.15, 0.2) is 5.11 Å². The molecule has 0 heterocycles. The summed E-state index contributed by atoms with van der Waals surface area (Å²) in [5, 5.41) is 8.54. The van der Waals surface area contributed by atoms with Gasteiger partial charge in [-0.15, -0.1) is 0 Å². The van der Waals surface area contributed by atoms with Gasteiger partial charge in [0.05, 0.1) is 0 Å². The van der Waals surface area contributed by atoms with Crippen LogP contribution >= 0.6 is 12.2 Å². The van der Waals surface area contributed by atoms with Crippen LogP contribution in [0, 0.1) is 0 Å². The number of carbonyl (C=O) groups excluding carboxylic acids is 2. The molecule has 0 saturated heterocycles. The van der Waals surface area contributed by atoms with Crippen LogP contribution in [-0.2, 0) is 4.79 Å². The van der Waals surface area contributed by atoms with Crippen LogP contribution in [0.15, 0.2) is 24.3 Å². The molecule has 3 N–H and O–H groups in total. The Kier molecular flexibility index (Phi) is 13.8. The summed E-state index contributed by atoms with van der Waals surface area (Å²) in [6.07, 6.45) is 14.4. The first-order valence-electron chi connectivity index (χ1n) is 11.0. The van der Waals surface area contributed by atoms with E-state index in [9.17, 15) is 9.59 Å². The molecular formula is C23H37N3O2S. The zero-order chi connectivity index (χ0) is 21.3. The fraction of sp³-hybridized carbons (Fsp3) is 0.609. The maximum Gasteiger partial charge on any atom is 0.251 e. The summed E-state index contributed by atoms with van der Waals surface area (Å²) in [6.45, 7) is 2.25. The summed E-state index contributed by atoms with van der Waals surface area (Å²) >= 11 is 5.18. The molecule has 0 unspecified atom stereocenters. The van der Waals surface area contributed by atoms with Crippen molar-refractivity contribution < 1.29 is 9.59 Å². The maximum absolute atomic E-state index is 12.0. The monoisotopic (exact) mass is 419 g/mol. The lowest BCUT2D eigenvalue weighted by atomic mass is 10.1. The van der Waals surface area contributed by atoms with E-state index in [0.717, 1.165) is 18.5 Å².